The van der Waals surface area contributed by atoms with E-state index in [1.807, 2.05) is 36.5 Å². The van der Waals surface area contributed by atoms with Crippen LogP contribution in [0, 0.1) is 0 Å². The number of piperidine rings is 1. The van der Waals surface area contributed by atoms with Crippen LogP contribution in [-0.2, 0) is 0 Å². The van der Waals surface area contributed by atoms with E-state index < -0.39 is 0 Å². The molecule has 0 unspecified atom stereocenters. The Morgan fingerprint density at radius 3 is 2.62 bits per heavy atom. The maximum absolute atomic E-state index is 12.3. The van der Waals surface area contributed by atoms with E-state index in [-0.39, 0.29) is 25.3 Å². The van der Waals surface area contributed by atoms with Gasteiger partial charge < -0.3 is 20.9 Å². The molecule has 3 aromatic heterocycles. The van der Waals surface area contributed by atoms with E-state index in [0.717, 1.165) is 65.3 Å². The number of rotatable bonds is 8. The van der Waals surface area contributed by atoms with E-state index in [4.69, 9.17) is 0 Å². The minimum atomic E-state index is -0.117. The molecule has 204 valence electrons. The van der Waals surface area contributed by atoms with Gasteiger partial charge in [-0.3, -0.25) is 9.78 Å². The molecule has 10 heteroatoms. The van der Waals surface area contributed by atoms with Crippen LogP contribution < -0.4 is 16.0 Å². The van der Waals surface area contributed by atoms with Crippen molar-refractivity contribution >= 4 is 41.9 Å². The molecule has 39 heavy (non-hydrogen) atoms. The van der Waals surface area contributed by atoms with E-state index in [0.29, 0.717) is 18.2 Å². The Morgan fingerprint density at radius 1 is 1.05 bits per heavy atom. The van der Waals surface area contributed by atoms with Gasteiger partial charge in [0.2, 0.25) is 0 Å². The van der Waals surface area contributed by atoms with Gasteiger partial charge in [0.15, 0.2) is 0 Å². The van der Waals surface area contributed by atoms with E-state index >= 15 is 0 Å². The maximum atomic E-state index is 12.3. The minimum absolute atomic E-state index is 0. The summed E-state index contributed by atoms with van der Waals surface area (Å²) < 4.78 is 0. The number of nitrogens with one attached hydrogen (secondary N) is 3. The van der Waals surface area contributed by atoms with Crippen LogP contribution in [0.2, 0.25) is 0 Å². The molecule has 0 bridgehead atoms. The van der Waals surface area contributed by atoms with Crippen LogP contribution in [0.4, 0.5) is 11.6 Å². The molecule has 1 amide bonds. The van der Waals surface area contributed by atoms with Crippen LogP contribution >= 0.6 is 13.5 Å². The summed E-state index contributed by atoms with van der Waals surface area (Å²) in [7, 11) is 3.80. The summed E-state index contributed by atoms with van der Waals surface area (Å²) in [5.41, 5.74) is 4.30. The Kier molecular flexibility index (Phi) is 9.32. The standard InChI is InChI=1S/C29H34N8O.H2S/c1-19(22-5-4-6-23-24(29(38)30-2)9-12-31-28(22)23)16-32-27-15-25(34-18-35-27)20-7-8-26(33-17-20)36-21-10-13-37(3)14-11-21;/h4-9,12,15,17-19,21H,10-11,13-14,16H2,1-3H3,(H,30,38)(H,33,36)(H,32,34,35);1H2/t19-;/m1./s1. The molecule has 5 rings (SSSR count). The lowest BCUT2D eigenvalue weighted by atomic mass is 9.96. The third-order valence-corrected chi connectivity index (χ3v) is 7.19. The van der Waals surface area contributed by atoms with Crippen molar-refractivity contribution < 1.29 is 4.79 Å². The fourth-order valence-electron chi connectivity index (χ4n) is 4.90. The summed E-state index contributed by atoms with van der Waals surface area (Å²) in [5, 5.41) is 10.6. The Labute approximate surface area is 236 Å². The highest BCUT2D eigenvalue weighted by Gasteiger charge is 2.17. The molecule has 1 aliphatic rings. The molecule has 4 aromatic rings. The first-order chi connectivity index (χ1) is 18.5. The highest BCUT2D eigenvalue weighted by molar-refractivity contribution is 7.59. The summed E-state index contributed by atoms with van der Waals surface area (Å²) in [6.45, 7) is 5.01. The van der Waals surface area contributed by atoms with Crippen LogP contribution in [0.25, 0.3) is 22.2 Å². The van der Waals surface area contributed by atoms with E-state index in [2.05, 4.69) is 60.8 Å². The van der Waals surface area contributed by atoms with Gasteiger partial charge in [0.05, 0.1) is 16.8 Å². The molecular formula is C29H36N8OS. The van der Waals surface area contributed by atoms with Gasteiger partial charge in [-0.2, -0.15) is 13.5 Å². The minimum Gasteiger partial charge on any atom is -0.369 e. The summed E-state index contributed by atoms with van der Waals surface area (Å²) in [6.07, 6.45) is 7.38. The third kappa shape index (κ3) is 6.63. The fraction of sp³-hybridized carbons (Fsp3) is 0.345. The van der Waals surface area contributed by atoms with Crippen molar-refractivity contribution in [2.24, 2.45) is 0 Å². The largest absolute Gasteiger partial charge is 0.369 e. The number of fused-ring (bicyclic) bond motifs is 1. The molecule has 0 radical (unpaired) electrons. The molecule has 3 N–H and O–H groups in total. The Hall–Kier alpha value is -3.76. The van der Waals surface area contributed by atoms with E-state index in [1.54, 1.807) is 25.6 Å². The molecule has 9 nitrogen and oxygen atoms in total. The average molecular weight is 545 g/mol. The van der Waals surface area contributed by atoms with E-state index in [1.165, 1.54) is 0 Å². The number of carbonyl (C=O) groups is 1. The number of likely N-dealkylation sites (tertiary alicyclic amines) is 1. The van der Waals surface area contributed by atoms with Crippen molar-refractivity contribution in [2.45, 2.75) is 31.7 Å². The van der Waals surface area contributed by atoms with Crippen molar-refractivity contribution in [3.05, 3.63) is 72.3 Å². The lowest BCUT2D eigenvalue weighted by molar-refractivity contribution is 0.0964. The van der Waals surface area contributed by atoms with Gasteiger partial charge in [0.1, 0.15) is 18.0 Å². The predicted octanol–water partition coefficient (Wildman–Crippen LogP) is 4.28. The Bertz CT molecular complexity index is 1410. The molecular weight excluding hydrogens is 508 g/mol. The lowest BCUT2D eigenvalue weighted by Gasteiger charge is -2.29. The molecule has 1 saturated heterocycles. The Morgan fingerprint density at radius 2 is 1.87 bits per heavy atom. The first-order valence-electron chi connectivity index (χ1n) is 13.1. The molecule has 0 saturated carbocycles. The number of hydrogen-bond acceptors (Lipinski definition) is 8. The summed E-state index contributed by atoms with van der Waals surface area (Å²) in [5.74, 6) is 1.66. The summed E-state index contributed by atoms with van der Waals surface area (Å²) in [4.78, 5) is 32.8. The second-order valence-corrected chi connectivity index (χ2v) is 9.91. The lowest BCUT2D eigenvalue weighted by Crippen LogP contribution is -2.36. The number of aromatic nitrogens is 4. The molecule has 0 aliphatic carbocycles. The second kappa shape index (κ2) is 12.9. The molecule has 1 aromatic carbocycles. The number of para-hydroxylation sites is 1. The summed E-state index contributed by atoms with van der Waals surface area (Å²) >= 11 is 0. The van der Waals surface area contributed by atoms with Crippen molar-refractivity contribution in [1.29, 1.82) is 0 Å². The molecule has 1 aliphatic heterocycles. The monoisotopic (exact) mass is 544 g/mol. The third-order valence-electron chi connectivity index (χ3n) is 7.19. The highest BCUT2D eigenvalue weighted by atomic mass is 32.1. The number of hydrogen-bond donors (Lipinski definition) is 3. The smallest absolute Gasteiger partial charge is 0.251 e. The van der Waals surface area contributed by atoms with Crippen molar-refractivity contribution in [3.8, 4) is 11.3 Å². The molecule has 0 spiro atoms. The van der Waals surface area contributed by atoms with Crippen LogP contribution in [0.3, 0.4) is 0 Å². The zero-order valence-corrected chi connectivity index (χ0v) is 23.6. The predicted molar refractivity (Wildman–Crippen MR) is 162 cm³/mol. The number of anilines is 2. The summed E-state index contributed by atoms with van der Waals surface area (Å²) in [6, 6.07) is 14.2. The maximum Gasteiger partial charge on any atom is 0.251 e. The zero-order valence-electron chi connectivity index (χ0n) is 22.6. The normalized spacial score (nSPS) is 14.8. The molecule has 1 atom stereocenters. The number of pyridine rings is 2. The fourth-order valence-corrected chi connectivity index (χ4v) is 4.90. The number of amides is 1. The SMILES string of the molecule is CNC(=O)c1ccnc2c([C@H](C)CNc3cc(-c4ccc(NC5CCN(C)CC5)nc4)ncn3)cccc12.S. The van der Waals surface area contributed by atoms with Gasteiger partial charge in [0, 0.05) is 55.0 Å². The first-order valence-corrected chi connectivity index (χ1v) is 13.1. The number of carbonyl (C=O) groups excluding carboxylic acids is 1. The van der Waals surface area contributed by atoms with Gasteiger partial charge in [-0.25, -0.2) is 15.0 Å². The second-order valence-electron chi connectivity index (χ2n) is 9.91. The van der Waals surface area contributed by atoms with Gasteiger partial charge in [0.25, 0.3) is 5.91 Å². The molecule has 1 fully saturated rings. The highest BCUT2D eigenvalue weighted by Crippen LogP contribution is 2.27. The zero-order chi connectivity index (χ0) is 26.5. The average Bonchev–Trinajstić information content (AvgIpc) is 2.96. The van der Waals surface area contributed by atoms with Crippen LogP contribution in [0.1, 0.15) is 41.6 Å². The number of nitrogens with zero attached hydrogens (tertiary/aromatic N) is 5. The van der Waals surface area contributed by atoms with Gasteiger partial charge >= 0.3 is 0 Å². The topological polar surface area (TPSA) is 108 Å². The quantitative estimate of drug-likeness (QED) is 0.302. The van der Waals surface area contributed by atoms with Gasteiger partial charge in [-0.15, -0.1) is 0 Å². The Balaban J connectivity index is 0.00000353. The van der Waals surface area contributed by atoms with Crippen LogP contribution in [-0.4, -0.2) is 70.5 Å². The van der Waals surface area contributed by atoms with Gasteiger partial charge in [-0.1, -0.05) is 25.1 Å². The van der Waals surface area contributed by atoms with Gasteiger partial charge in [-0.05, 0) is 56.7 Å². The van der Waals surface area contributed by atoms with Crippen molar-refractivity contribution in [3.63, 3.8) is 0 Å². The van der Waals surface area contributed by atoms with Crippen molar-refractivity contribution in [1.82, 2.24) is 30.2 Å². The van der Waals surface area contributed by atoms with Crippen LogP contribution in [0.15, 0.2) is 61.2 Å². The van der Waals surface area contributed by atoms with Crippen molar-refractivity contribution in [2.75, 3.05) is 44.4 Å². The molecule has 4 heterocycles. The van der Waals surface area contributed by atoms with E-state index in [9.17, 15) is 4.79 Å². The first kappa shape index (κ1) is 28.3. The number of benzene rings is 1. The van der Waals surface area contributed by atoms with Crippen LogP contribution in [0.5, 0.6) is 0 Å².